The SMILES string of the molecule is COC(=O)C1=CCC2CC(=O)NC2=C1. The first kappa shape index (κ1) is 8.99. The van der Waals surface area contributed by atoms with Gasteiger partial charge in [0.05, 0.1) is 12.7 Å². The number of ether oxygens (including phenoxy) is 1. The van der Waals surface area contributed by atoms with E-state index in [1.807, 2.05) is 6.08 Å². The number of carbonyl (C=O) groups excluding carboxylic acids is 2. The van der Waals surface area contributed by atoms with E-state index >= 15 is 0 Å². The summed E-state index contributed by atoms with van der Waals surface area (Å²) >= 11 is 0. The lowest BCUT2D eigenvalue weighted by atomic mass is 9.93. The summed E-state index contributed by atoms with van der Waals surface area (Å²) in [6, 6.07) is 0. The fraction of sp³-hybridized carbons (Fsp3) is 0.400. The summed E-state index contributed by atoms with van der Waals surface area (Å²) in [6.07, 6.45) is 4.77. The van der Waals surface area contributed by atoms with Gasteiger partial charge in [-0.2, -0.15) is 0 Å². The molecule has 74 valence electrons. The van der Waals surface area contributed by atoms with Crippen molar-refractivity contribution in [1.29, 1.82) is 0 Å². The molecule has 1 saturated heterocycles. The minimum Gasteiger partial charge on any atom is -0.465 e. The second-order valence-electron chi connectivity index (χ2n) is 3.44. The number of esters is 1. The lowest BCUT2D eigenvalue weighted by Crippen LogP contribution is -2.16. The standard InChI is InChI=1S/C10H11NO3/c1-14-10(13)7-3-2-6-5-9(12)11-8(6)4-7/h3-4,6H,2,5H2,1H3,(H,11,12). The molecular formula is C10H11NO3. The van der Waals surface area contributed by atoms with Crippen LogP contribution in [0.4, 0.5) is 0 Å². The van der Waals surface area contributed by atoms with Crippen LogP contribution in [-0.4, -0.2) is 19.0 Å². The van der Waals surface area contributed by atoms with Crippen molar-refractivity contribution in [2.45, 2.75) is 12.8 Å². The molecule has 0 bridgehead atoms. The maximum atomic E-state index is 11.2. The quantitative estimate of drug-likeness (QED) is 0.617. The molecule has 1 unspecified atom stereocenters. The van der Waals surface area contributed by atoms with Gasteiger partial charge in [0.25, 0.3) is 0 Å². The van der Waals surface area contributed by atoms with E-state index in [-0.39, 0.29) is 17.8 Å². The lowest BCUT2D eigenvalue weighted by Gasteiger charge is -2.14. The van der Waals surface area contributed by atoms with E-state index in [1.165, 1.54) is 7.11 Å². The number of hydrogen-bond donors (Lipinski definition) is 1. The number of rotatable bonds is 1. The van der Waals surface area contributed by atoms with E-state index in [1.54, 1.807) is 6.08 Å². The average Bonchev–Trinajstić information content (AvgIpc) is 2.55. The van der Waals surface area contributed by atoms with Crippen molar-refractivity contribution in [1.82, 2.24) is 5.32 Å². The predicted molar refractivity (Wildman–Crippen MR) is 49.0 cm³/mol. The molecule has 4 heteroatoms. The van der Waals surface area contributed by atoms with Crippen molar-refractivity contribution in [3.05, 3.63) is 23.4 Å². The summed E-state index contributed by atoms with van der Waals surface area (Å²) in [7, 11) is 1.35. The zero-order chi connectivity index (χ0) is 10.1. The van der Waals surface area contributed by atoms with Gasteiger partial charge in [-0.1, -0.05) is 6.08 Å². The summed E-state index contributed by atoms with van der Waals surface area (Å²) in [5, 5.41) is 2.74. The van der Waals surface area contributed by atoms with Crippen LogP contribution in [0.2, 0.25) is 0 Å². The van der Waals surface area contributed by atoms with E-state index in [0.29, 0.717) is 12.0 Å². The molecule has 2 rings (SSSR count). The summed E-state index contributed by atoms with van der Waals surface area (Å²) in [5.74, 6) is -0.0891. The van der Waals surface area contributed by atoms with Crippen LogP contribution in [0.25, 0.3) is 0 Å². The summed E-state index contributed by atoms with van der Waals surface area (Å²) in [4.78, 5) is 22.3. The highest BCUT2D eigenvalue weighted by Crippen LogP contribution is 2.29. The van der Waals surface area contributed by atoms with E-state index < -0.39 is 0 Å². The molecule has 1 heterocycles. The summed E-state index contributed by atoms with van der Waals surface area (Å²) in [5.41, 5.74) is 1.37. The van der Waals surface area contributed by atoms with Crippen molar-refractivity contribution >= 4 is 11.9 Å². The highest BCUT2D eigenvalue weighted by molar-refractivity contribution is 5.93. The minimum atomic E-state index is -0.350. The van der Waals surface area contributed by atoms with Gasteiger partial charge in [-0.15, -0.1) is 0 Å². The van der Waals surface area contributed by atoms with Gasteiger partial charge < -0.3 is 10.1 Å². The molecule has 14 heavy (non-hydrogen) atoms. The molecule has 2 aliphatic rings. The molecule has 1 amide bonds. The number of allylic oxidation sites excluding steroid dienone is 2. The molecule has 0 spiro atoms. The average molecular weight is 193 g/mol. The van der Waals surface area contributed by atoms with E-state index in [9.17, 15) is 9.59 Å². The van der Waals surface area contributed by atoms with Gasteiger partial charge in [0.1, 0.15) is 0 Å². The fourth-order valence-electron chi connectivity index (χ4n) is 1.77. The fourth-order valence-corrected chi connectivity index (χ4v) is 1.77. The van der Waals surface area contributed by atoms with Gasteiger partial charge in [0, 0.05) is 18.0 Å². The smallest absolute Gasteiger partial charge is 0.337 e. The Morgan fingerprint density at radius 1 is 1.64 bits per heavy atom. The van der Waals surface area contributed by atoms with Crippen molar-refractivity contribution < 1.29 is 14.3 Å². The van der Waals surface area contributed by atoms with E-state index in [4.69, 9.17) is 0 Å². The highest BCUT2D eigenvalue weighted by atomic mass is 16.5. The number of fused-ring (bicyclic) bond motifs is 1. The third kappa shape index (κ3) is 1.43. The first-order chi connectivity index (χ1) is 6.70. The second kappa shape index (κ2) is 3.29. The van der Waals surface area contributed by atoms with Gasteiger partial charge in [-0.05, 0) is 12.5 Å². The number of methoxy groups -OCH3 is 1. The van der Waals surface area contributed by atoms with Crippen molar-refractivity contribution in [2.24, 2.45) is 5.92 Å². The zero-order valence-electron chi connectivity index (χ0n) is 7.87. The Balaban J connectivity index is 2.19. The van der Waals surface area contributed by atoms with Crippen LogP contribution in [0, 0.1) is 5.92 Å². The van der Waals surface area contributed by atoms with Crippen LogP contribution in [0.3, 0.4) is 0 Å². The van der Waals surface area contributed by atoms with Gasteiger partial charge in [0.2, 0.25) is 5.91 Å². The third-order valence-electron chi connectivity index (χ3n) is 2.51. The largest absolute Gasteiger partial charge is 0.465 e. The van der Waals surface area contributed by atoms with Crippen LogP contribution < -0.4 is 5.32 Å². The lowest BCUT2D eigenvalue weighted by molar-refractivity contribution is -0.135. The van der Waals surface area contributed by atoms with Crippen molar-refractivity contribution in [2.75, 3.05) is 7.11 Å². The molecule has 4 nitrogen and oxygen atoms in total. The van der Waals surface area contributed by atoms with Gasteiger partial charge >= 0.3 is 5.97 Å². The Hall–Kier alpha value is -1.58. The number of nitrogens with one attached hydrogen (secondary N) is 1. The Labute approximate surface area is 81.6 Å². The van der Waals surface area contributed by atoms with Gasteiger partial charge in [0.15, 0.2) is 0 Å². The highest BCUT2D eigenvalue weighted by Gasteiger charge is 2.29. The maximum Gasteiger partial charge on any atom is 0.337 e. The minimum absolute atomic E-state index is 0.0285. The number of carbonyl (C=O) groups is 2. The second-order valence-corrected chi connectivity index (χ2v) is 3.44. The molecule has 0 saturated carbocycles. The summed E-state index contributed by atoms with van der Waals surface area (Å²) < 4.78 is 4.60. The summed E-state index contributed by atoms with van der Waals surface area (Å²) in [6.45, 7) is 0. The van der Waals surface area contributed by atoms with Crippen LogP contribution in [0.15, 0.2) is 23.4 Å². The number of hydrogen-bond acceptors (Lipinski definition) is 3. The van der Waals surface area contributed by atoms with Crippen LogP contribution in [0.1, 0.15) is 12.8 Å². The Morgan fingerprint density at radius 2 is 2.43 bits per heavy atom. The Bertz CT molecular complexity index is 354. The molecule has 1 fully saturated rings. The predicted octanol–water partition coefficient (Wildman–Crippen LogP) is 0.509. The van der Waals surface area contributed by atoms with E-state index in [0.717, 1.165) is 12.1 Å². The first-order valence-electron chi connectivity index (χ1n) is 4.50. The van der Waals surface area contributed by atoms with Crippen LogP contribution in [0.5, 0.6) is 0 Å². The van der Waals surface area contributed by atoms with Gasteiger partial charge in [-0.25, -0.2) is 4.79 Å². The molecule has 1 N–H and O–H groups in total. The molecule has 1 aliphatic carbocycles. The third-order valence-corrected chi connectivity index (χ3v) is 2.51. The molecule has 0 radical (unpaired) electrons. The molecular weight excluding hydrogens is 182 g/mol. The molecule has 0 aromatic carbocycles. The van der Waals surface area contributed by atoms with Gasteiger partial charge in [-0.3, -0.25) is 4.79 Å². The number of amides is 1. The molecule has 0 aromatic heterocycles. The normalized spacial score (nSPS) is 24.6. The van der Waals surface area contributed by atoms with Crippen molar-refractivity contribution in [3.63, 3.8) is 0 Å². The Morgan fingerprint density at radius 3 is 3.14 bits per heavy atom. The van der Waals surface area contributed by atoms with Crippen LogP contribution >= 0.6 is 0 Å². The zero-order valence-corrected chi connectivity index (χ0v) is 7.87. The molecule has 1 aliphatic heterocycles. The van der Waals surface area contributed by atoms with Crippen LogP contribution in [-0.2, 0) is 14.3 Å². The topological polar surface area (TPSA) is 55.4 Å². The Kier molecular flexibility index (Phi) is 2.11. The first-order valence-corrected chi connectivity index (χ1v) is 4.50. The maximum absolute atomic E-state index is 11.2. The molecule has 1 atom stereocenters. The molecule has 0 aromatic rings. The van der Waals surface area contributed by atoms with Crippen molar-refractivity contribution in [3.8, 4) is 0 Å². The van der Waals surface area contributed by atoms with E-state index in [2.05, 4.69) is 10.1 Å². The monoisotopic (exact) mass is 193 g/mol.